The number of phenolic OH excluding ortho intramolecular Hbond substituents is 1. The third-order valence-electron chi connectivity index (χ3n) is 3.41. The van der Waals surface area contributed by atoms with Gasteiger partial charge in [0.1, 0.15) is 5.75 Å². The van der Waals surface area contributed by atoms with Crippen molar-refractivity contribution >= 4 is 0 Å². The Bertz CT molecular complexity index is 329. The second-order valence-corrected chi connectivity index (χ2v) is 4.82. The summed E-state index contributed by atoms with van der Waals surface area (Å²) in [5.74, 6) is 0.246. The van der Waals surface area contributed by atoms with Gasteiger partial charge in [-0.1, -0.05) is 25.0 Å². The Balaban J connectivity index is 1.91. The molecular formula is C14H21NO2. The van der Waals surface area contributed by atoms with Crippen molar-refractivity contribution in [3.8, 4) is 5.75 Å². The van der Waals surface area contributed by atoms with Gasteiger partial charge in [0.05, 0.1) is 6.10 Å². The first-order valence-corrected chi connectivity index (χ1v) is 6.45. The molecule has 1 aliphatic heterocycles. The summed E-state index contributed by atoms with van der Waals surface area (Å²) in [6.07, 6.45) is 4.65. The Morgan fingerprint density at radius 1 is 1.00 bits per heavy atom. The van der Waals surface area contributed by atoms with Crippen LogP contribution < -0.4 is 0 Å². The van der Waals surface area contributed by atoms with Gasteiger partial charge in [-0.15, -0.1) is 0 Å². The topological polar surface area (TPSA) is 43.7 Å². The lowest BCUT2D eigenvalue weighted by Crippen LogP contribution is -2.29. The predicted octanol–water partition coefficient (Wildman–Crippen LogP) is 2.30. The number of rotatable bonds is 3. The molecular weight excluding hydrogens is 214 g/mol. The van der Waals surface area contributed by atoms with Gasteiger partial charge in [-0.2, -0.15) is 0 Å². The van der Waals surface area contributed by atoms with Crippen LogP contribution in [0.25, 0.3) is 0 Å². The third kappa shape index (κ3) is 3.72. The fourth-order valence-electron chi connectivity index (χ4n) is 2.37. The number of likely N-dealkylation sites (tertiary alicyclic amines) is 1. The van der Waals surface area contributed by atoms with Gasteiger partial charge in [-0.3, -0.25) is 0 Å². The average molecular weight is 235 g/mol. The average Bonchev–Trinajstić information content (AvgIpc) is 2.58. The fraction of sp³-hybridized carbons (Fsp3) is 0.571. The van der Waals surface area contributed by atoms with Crippen molar-refractivity contribution in [2.45, 2.75) is 31.8 Å². The molecule has 1 heterocycles. The molecule has 1 unspecified atom stereocenters. The number of nitrogens with zero attached hydrogens (tertiary/aromatic N) is 1. The van der Waals surface area contributed by atoms with Crippen molar-refractivity contribution in [1.29, 1.82) is 0 Å². The number of β-amino-alcohol motifs (C(OH)–C–C–N with tert-alkyl or cyclic N) is 1. The maximum absolute atomic E-state index is 10.1. The molecule has 0 aliphatic carbocycles. The maximum atomic E-state index is 10.1. The molecule has 1 aliphatic rings. The largest absolute Gasteiger partial charge is 0.508 e. The van der Waals surface area contributed by atoms with Crippen LogP contribution in [0.15, 0.2) is 24.3 Å². The van der Waals surface area contributed by atoms with E-state index in [4.69, 9.17) is 0 Å². The summed E-state index contributed by atoms with van der Waals surface area (Å²) >= 11 is 0. The molecule has 17 heavy (non-hydrogen) atoms. The molecule has 0 aromatic heterocycles. The van der Waals surface area contributed by atoms with Gasteiger partial charge in [-0.05, 0) is 43.6 Å². The van der Waals surface area contributed by atoms with Crippen molar-refractivity contribution in [1.82, 2.24) is 4.90 Å². The first-order chi connectivity index (χ1) is 8.25. The molecule has 0 amide bonds. The minimum atomic E-state index is -0.450. The van der Waals surface area contributed by atoms with Crippen molar-refractivity contribution in [3.63, 3.8) is 0 Å². The molecule has 1 fully saturated rings. The summed E-state index contributed by atoms with van der Waals surface area (Å²) in [5.41, 5.74) is 0.882. The van der Waals surface area contributed by atoms with Crippen molar-refractivity contribution in [2.24, 2.45) is 0 Å². The first kappa shape index (κ1) is 12.4. The lowest BCUT2D eigenvalue weighted by atomic mass is 10.1. The zero-order valence-corrected chi connectivity index (χ0v) is 10.2. The summed E-state index contributed by atoms with van der Waals surface area (Å²) < 4.78 is 0. The smallest absolute Gasteiger partial charge is 0.115 e. The zero-order chi connectivity index (χ0) is 12.1. The molecule has 2 N–H and O–H groups in total. The van der Waals surface area contributed by atoms with Crippen LogP contribution in [0.4, 0.5) is 0 Å². The van der Waals surface area contributed by atoms with Gasteiger partial charge >= 0.3 is 0 Å². The summed E-state index contributed by atoms with van der Waals surface area (Å²) in [6.45, 7) is 2.88. The Morgan fingerprint density at radius 2 is 1.59 bits per heavy atom. The van der Waals surface area contributed by atoms with Crippen LogP contribution in [-0.4, -0.2) is 34.7 Å². The molecule has 0 saturated carbocycles. The Morgan fingerprint density at radius 3 is 2.18 bits per heavy atom. The lowest BCUT2D eigenvalue weighted by Gasteiger charge is -2.23. The number of aliphatic hydroxyl groups is 1. The fourth-order valence-corrected chi connectivity index (χ4v) is 2.37. The maximum Gasteiger partial charge on any atom is 0.115 e. The van der Waals surface area contributed by atoms with E-state index >= 15 is 0 Å². The zero-order valence-electron chi connectivity index (χ0n) is 10.2. The van der Waals surface area contributed by atoms with E-state index < -0.39 is 6.10 Å². The molecule has 0 bridgehead atoms. The number of benzene rings is 1. The molecule has 0 spiro atoms. The van der Waals surface area contributed by atoms with E-state index in [1.807, 2.05) is 0 Å². The molecule has 3 heteroatoms. The predicted molar refractivity (Wildman–Crippen MR) is 68.0 cm³/mol. The number of hydrogen-bond donors (Lipinski definition) is 2. The van der Waals surface area contributed by atoms with E-state index in [9.17, 15) is 10.2 Å². The van der Waals surface area contributed by atoms with E-state index in [-0.39, 0.29) is 5.75 Å². The Kier molecular flexibility index (Phi) is 4.40. The highest BCUT2D eigenvalue weighted by atomic mass is 16.3. The van der Waals surface area contributed by atoms with Crippen LogP contribution in [0, 0.1) is 0 Å². The molecule has 1 atom stereocenters. The number of aromatic hydroxyl groups is 1. The van der Waals surface area contributed by atoms with Crippen LogP contribution in [0.3, 0.4) is 0 Å². The van der Waals surface area contributed by atoms with Crippen molar-refractivity contribution in [2.75, 3.05) is 19.6 Å². The highest BCUT2D eigenvalue weighted by Crippen LogP contribution is 2.19. The highest BCUT2D eigenvalue weighted by molar-refractivity contribution is 5.27. The molecule has 1 aromatic rings. The Hall–Kier alpha value is -1.06. The minimum absolute atomic E-state index is 0.246. The summed E-state index contributed by atoms with van der Waals surface area (Å²) in [7, 11) is 0. The SMILES string of the molecule is Oc1ccc(C(O)CN2CCCCCC2)cc1. The van der Waals surface area contributed by atoms with E-state index in [0.717, 1.165) is 18.7 Å². The van der Waals surface area contributed by atoms with Gasteiger partial charge < -0.3 is 15.1 Å². The van der Waals surface area contributed by atoms with Gasteiger partial charge in [0.15, 0.2) is 0 Å². The lowest BCUT2D eigenvalue weighted by molar-refractivity contribution is 0.115. The van der Waals surface area contributed by atoms with Crippen LogP contribution in [-0.2, 0) is 0 Å². The Labute approximate surface area is 103 Å². The van der Waals surface area contributed by atoms with Crippen molar-refractivity contribution < 1.29 is 10.2 Å². The molecule has 1 saturated heterocycles. The van der Waals surface area contributed by atoms with E-state index in [1.165, 1.54) is 25.7 Å². The molecule has 0 radical (unpaired) electrons. The van der Waals surface area contributed by atoms with Crippen LogP contribution in [0.5, 0.6) is 5.75 Å². The van der Waals surface area contributed by atoms with Crippen molar-refractivity contribution in [3.05, 3.63) is 29.8 Å². The first-order valence-electron chi connectivity index (χ1n) is 6.45. The number of hydrogen-bond acceptors (Lipinski definition) is 3. The summed E-state index contributed by atoms with van der Waals surface area (Å²) in [6, 6.07) is 6.83. The standard InChI is InChI=1S/C14H21NO2/c16-13-7-5-12(6-8-13)14(17)11-15-9-3-1-2-4-10-15/h5-8,14,16-17H,1-4,9-11H2. The van der Waals surface area contributed by atoms with E-state index in [2.05, 4.69) is 4.90 Å². The van der Waals surface area contributed by atoms with Gasteiger partial charge in [0.25, 0.3) is 0 Å². The molecule has 2 rings (SSSR count). The van der Waals surface area contributed by atoms with E-state index in [0.29, 0.717) is 6.54 Å². The van der Waals surface area contributed by atoms with Gasteiger partial charge in [-0.25, -0.2) is 0 Å². The molecule has 94 valence electrons. The number of phenols is 1. The molecule has 1 aromatic carbocycles. The minimum Gasteiger partial charge on any atom is -0.508 e. The van der Waals surface area contributed by atoms with E-state index in [1.54, 1.807) is 24.3 Å². The monoisotopic (exact) mass is 235 g/mol. The van der Waals surface area contributed by atoms with Gasteiger partial charge in [0.2, 0.25) is 0 Å². The second kappa shape index (κ2) is 6.03. The molecule has 3 nitrogen and oxygen atoms in total. The third-order valence-corrected chi connectivity index (χ3v) is 3.41. The summed E-state index contributed by atoms with van der Waals surface area (Å²) in [5, 5.41) is 19.3. The summed E-state index contributed by atoms with van der Waals surface area (Å²) in [4.78, 5) is 2.34. The van der Waals surface area contributed by atoms with Crippen LogP contribution >= 0.6 is 0 Å². The second-order valence-electron chi connectivity index (χ2n) is 4.82. The highest BCUT2D eigenvalue weighted by Gasteiger charge is 2.14. The van der Waals surface area contributed by atoms with Crippen LogP contribution in [0.2, 0.25) is 0 Å². The normalized spacial score (nSPS) is 19.8. The quantitative estimate of drug-likeness (QED) is 0.845. The number of aliphatic hydroxyl groups excluding tert-OH is 1. The van der Waals surface area contributed by atoms with Gasteiger partial charge in [0, 0.05) is 6.54 Å². The van der Waals surface area contributed by atoms with Crippen LogP contribution in [0.1, 0.15) is 37.4 Å².